The maximum Gasteiger partial charge on any atom is 0.128 e. The van der Waals surface area contributed by atoms with E-state index in [1.54, 1.807) is 30.1 Å². The Morgan fingerprint density at radius 1 is 1.57 bits per heavy atom. The highest BCUT2D eigenvalue weighted by atomic mass is 19.1. The van der Waals surface area contributed by atoms with E-state index in [0.717, 1.165) is 0 Å². The normalized spacial score (nSPS) is 9.21. The summed E-state index contributed by atoms with van der Waals surface area (Å²) in [6.45, 7) is 3.90. The first kappa shape index (κ1) is 10.3. The Hall–Kier alpha value is -1.82. The van der Waals surface area contributed by atoms with Gasteiger partial charge >= 0.3 is 0 Å². The van der Waals surface area contributed by atoms with Gasteiger partial charge in [-0.25, -0.2) is 4.39 Å². The lowest BCUT2D eigenvalue weighted by Gasteiger charge is -2.16. The van der Waals surface area contributed by atoms with Gasteiger partial charge < -0.3 is 4.90 Å². The molecule has 1 rings (SSSR count). The summed E-state index contributed by atoms with van der Waals surface area (Å²) in [4.78, 5) is 1.61. The molecule has 0 amide bonds. The first-order valence-electron chi connectivity index (χ1n) is 4.18. The molecule has 0 atom stereocenters. The van der Waals surface area contributed by atoms with E-state index in [9.17, 15) is 4.39 Å². The molecule has 0 aliphatic heterocycles. The van der Waals surface area contributed by atoms with Crippen molar-refractivity contribution in [3.63, 3.8) is 0 Å². The summed E-state index contributed by atoms with van der Waals surface area (Å²) in [6, 6.07) is 8.41. The van der Waals surface area contributed by atoms with Gasteiger partial charge in [0.05, 0.1) is 0 Å². The molecule has 0 fully saturated rings. The maximum absolute atomic E-state index is 13.2. The van der Waals surface area contributed by atoms with Crippen LogP contribution in [0.3, 0.4) is 0 Å². The Labute approximate surface area is 82.9 Å². The Kier molecular flexibility index (Phi) is 3.24. The topological polar surface area (TPSA) is 27.0 Å². The van der Waals surface area contributed by atoms with Gasteiger partial charge in [-0.2, -0.15) is 5.26 Å². The first-order valence-corrected chi connectivity index (χ1v) is 4.18. The Bertz CT molecular complexity index is 379. The molecule has 14 heavy (non-hydrogen) atoms. The number of nitrogens with zero attached hydrogens (tertiary/aromatic N) is 2. The van der Waals surface area contributed by atoms with Crippen molar-refractivity contribution in [2.45, 2.75) is 6.54 Å². The van der Waals surface area contributed by atoms with E-state index in [0.29, 0.717) is 17.8 Å². The molecule has 0 unspecified atom stereocenters. The second-order valence-corrected chi connectivity index (χ2v) is 3.01. The number of allylic oxidation sites excluding steroid dienone is 1. The summed E-state index contributed by atoms with van der Waals surface area (Å²) < 4.78 is 13.2. The fraction of sp³-hybridized carbons (Fsp3) is 0.182. The third kappa shape index (κ3) is 2.33. The van der Waals surface area contributed by atoms with E-state index < -0.39 is 0 Å². The summed E-state index contributed by atoms with van der Waals surface area (Å²) in [5, 5.41) is 8.57. The van der Waals surface area contributed by atoms with E-state index in [-0.39, 0.29) is 5.82 Å². The molecule has 0 aromatic heterocycles. The number of hydrogen-bond acceptors (Lipinski definition) is 2. The molecule has 1 aromatic rings. The zero-order valence-corrected chi connectivity index (χ0v) is 8.00. The highest BCUT2D eigenvalue weighted by Crippen LogP contribution is 2.10. The molecule has 0 spiro atoms. The molecule has 1 aromatic carbocycles. The molecule has 0 N–H and O–H groups in total. The van der Waals surface area contributed by atoms with Gasteiger partial charge in [-0.3, -0.25) is 0 Å². The van der Waals surface area contributed by atoms with Crippen molar-refractivity contribution < 1.29 is 4.39 Å². The number of hydrogen-bond donors (Lipinski definition) is 0. The molecule has 0 aliphatic carbocycles. The quantitative estimate of drug-likeness (QED) is 0.684. The molecule has 0 heterocycles. The van der Waals surface area contributed by atoms with Crippen LogP contribution < -0.4 is 0 Å². The number of nitriles is 1. The Morgan fingerprint density at radius 2 is 2.21 bits per heavy atom. The summed E-state index contributed by atoms with van der Waals surface area (Å²) in [5.41, 5.74) is 0.889. The van der Waals surface area contributed by atoms with Crippen molar-refractivity contribution in [2.75, 3.05) is 7.05 Å². The lowest BCUT2D eigenvalue weighted by molar-refractivity contribution is 0.417. The van der Waals surface area contributed by atoms with Crippen LogP contribution in [-0.4, -0.2) is 11.9 Å². The second kappa shape index (κ2) is 4.43. The van der Waals surface area contributed by atoms with E-state index in [1.165, 1.54) is 6.07 Å². The van der Waals surface area contributed by atoms with Crippen LogP contribution in [0.15, 0.2) is 36.5 Å². The maximum atomic E-state index is 13.2. The SMILES string of the molecule is C=C(C#N)N(C)Cc1ccccc1F. The minimum Gasteiger partial charge on any atom is -0.362 e. The van der Waals surface area contributed by atoms with Crippen LogP contribution in [0.2, 0.25) is 0 Å². The van der Waals surface area contributed by atoms with E-state index in [4.69, 9.17) is 5.26 Å². The summed E-state index contributed by atoms with van der Waals surface area (Å²) in [5.74, 6) is -0.259. The highest BCUT2D eigenvalue weighted by molar-refractivity contribution is 5.20. The lowest BCUT2D eigenvalue weighted by atomic mass is 10.2. The molecule has 0 bridgehead atoms. The second-order valence-electron chi connectivity index (χ2n) is 3.01. The van der Waals surface area contributed by atoms with Crippen LogP contribution in [0.5, 0.6) is 0 Å². The van der Waals surface area contributed by atoms with E-state index >= 15 is 0 Å². The average molecular weight is 190 g/mol. The van der Waals surface area contributed by atoms with Crippen molar-refractivity contribution in [1.82, 2.24) is 4.90 Å². The van der Waals surface area contributed by atoms with Crippen molar-refractivity contribution in [3.05, 3.63) is 47.9 Å². The molecule has 2 nitrogen and oxygen atoms in total. The predicted molar refractivity (Wildman–Crippen MR) is 52.6 cm³/mol. The van der Waals surface area contributed by atoms with Gasteiger partial charge in [0.25, 0.3) is 0 Å². The summed E-state index contributed by atoms with van der Waals surface area (Å²) >= 11 is 0. The predicted octanol–water partition coefficient (Wildman–Crippen LogP) is 2.29. The van der Waals surface area contributed by atoms with Gasteiger partial charge in [-0.05, 0) is 6.07 Å². The summed E-state index contributed by atoms with van der Waals surface area (Å²) in [6.07, 6.45) is 0. The van der Waals surface area contributed by atoms with Gasteiger partial charge in [0.1, 0.15) is 17.6 Å². The van der Waals surface area contributed by atoms with E-state index in [2.05, 4.69) is 6.58 Å². The first-order chi connectivity index (χ1) is 6.65. The summed E-state index contributed by atoms with van der Waals surface area (Å²) in [7, 11) is 1.71. The standard InChI is InChI=1S/C11H11FN2/c1-9(7-13)14(2)8-10-5-3-4-6-11(10)12/h3-6H,1,8H2,2H3. The van der Waals surface area contributed by atoms with Crippen LogP contribution in [0.25, 0.3) is 0 Å². The molecular formula is C11H11FN2. The minimum atomic E-state index is -0.259. The molecule has 0 radical (unpaired) electrons. The Morgan fingerprint density at radius 3 is 2.79 bits per heavy atom. The average Bonchev–Trinajstić information content (AvgIpc) is 2.20. The zero-order valence-electron chi connectivity index (χ0n) is 8.00. The third-order valence-electron chi connectivity index (χ3n) is 1.96. The van der Waals surface area contributed by atoms with Gasteiger partial charge in [0.15, 0.2) is 0 Å². The number of rotatable bonds is 3. The van der Waals surface area contributed by atoms with Gasteiger partial charge in [-0.15, -0.1) is 0 Å². The smallest absolute Gasteiger partial charge is 0.128 e. The Balaban J connectivity index is 2.75. The largest absolute Gasteiger partial charge is 0.362 e. The highest BCUT2D eigenvalue weighted by Gasteiger charge is 2.05. The van der Waals surface area contributed by atoms with Crippen molar-refractivity contribution in [2.24, 2.45) is 0 Å². The molecule has 3 heteroatoms. The zero-order chi connectivity index (χ0) is 10.6. The van der Waals surface area contributed by atoms with Crippen LogP contribution in [-0.2, 0) is 6.54 Å². The lowest BCUT2D eigenvalue weighted by Crippen LogP contribution is -2.16. The van der Waals surface area contributed by atoms with Crippen LogP contribution in [0, 0.1) is 17.1 Å². The molecule has 0 aliphatic rings. The van der Waals surface area contributed by atoms with Crippen LogP contribution in [0.4, 0.5) is 4.39 Å². The fourth-order valence-corrected chi connectivity index (χ4v) is 1.06. The van der Waals surface area contributed by atoms with Crippen LogP contribution >= 0.6 is 0 Å². The van der Waals surface area contributed by atoms with Gasteiger partial charge in [-0.1, -0.05) is 24.8 Å². The van der Waals surface area contributed by atoms with Crippen molar-refractivity contribution >= 4 is 0 Å². The van der Waals surface area contributed by atoms with Gasteiger partial charge in [0, 0.05) is 19.2 Å². The van der Waals surface area contributed by atoms with Gasteiger partial charge in [0.2, 0.25) is 0 Å². The number of halogens is 1. The molecule has 0 saturated heterocycles. The van der Waals surface area contributed by atoms with Crippen molar-refractivity contribution in [3.8, 4) is 6.07 Å². The molecular weight excluding hydrogens is 179 g/mol. The monoisotopic (exact) mass is 190 g/mol. The fourth-order valence-electron chi connectivity index (χ4n) is 1.06. The molecule has 72 valence electrons. The van der Waals surface area contributed by atoms with Crippen molar-refractivity contribution in [1.29, 1.82) is 5.26 Å². The van der Waals surface area contributed by atoms with E-state index in [1.807, 2.05) is 6.07 Å². The molecule has 0 saturated carbocycles. The third-order valence-corrected chi connectivity index (χ3v) is 1.96. The number of benzene rings is 1. The minimum absolute atomic E-state index is 0.259. The van der Waals surface area contributed by atoms with Crippen LogP contribution in [0.1, 0.15) is 5.56 Å².